The summed E-state index contributed by atoms with van der Waals surface area (Å²) in [6.07, 6.45) is 0. The molecule has 0 aliphatic carbocycles. The molecular formula is C17H12N3O3-. The van der Waals surface area contributed by atoms with Gasteiger partial charge in [0.05, 0.1) is 5.97 Å². The van der Waals surface area contributed by atoms with E-state index in [0.717, 1.165) is 0 Å². The summed E-state index contributed by atoms with van der Waals surface area (Å²) < 4.78 is 0. The lowest BCUT2D eigenvalue weighted by Crippen LogP contribution is -2.23. The lowest BCUT2D eigenvalue weighted by Gasteiger charge is -2.12. The van der Waals surface area contributed by atoms with Crippen molar-refractivity contribution in [3.63, 3.8) is 0 Å². The van der Waals surface area contributed by atoms with Gasteiger partial charge in [0.2, 0.25) is 5.43 Å². The van der Waals surface area contributed by atoms with Crippen molar-refractivity contribution in [3.05, 3.63) is 76.5 Å². The number of nitrogens with one attached hydrogen (secondary N) is 2. The maximum atomic E-state index is 12.2. The first-order valence-electron chi connectivity index (χ1n) is 6.87. The summed E-state index contributed by atoms with van der Waals surface area (Å²) in [5.41, 5.74) is 1.04. The number of hydrogen-bond donors (Lipinski definition) is 2. The summed E-state index contributed by atoms with van der Waals surface area (Å²) in [6, 6.07) is 16.7. The van der Waals surface area contributed by atoms with Gasteiger partial charge >= 0.3 is 0 Å². The zero-order chi connectivity index (χ0) is 16.2. The SMILES string of the molecule is O=C([O-])c1ccccc1Nc1cc(=O)c(-c2ccccc2)n[nH]1. The first kappa shape index (κ1) is 14.5. The molecule has 114 valence electrons. The van der Waals surface area contributed by atoms with Gasteiger partial charge < -0.3 is 15.2 Å². The molecule has 23 heavy (non-hydrogen) atoms. The fraction of sp³-hybridized carbons (Fsp3) is 0. The van der Waals surface area contributed by atoms with E-state index in [0.29, 0.717) is 22.8 Å². The number of carboxylic acid groups (broad SMARTS) is 1. The molecule has 0 aliphatic heterocycles. The van der Waals surface area contributed by atoms with E-state index in [-0.39, 0.29) is 11.0 Å². The fourth-order valence-corrected chi connectivity index (χ4v) is 2.19. The topological polar surface area (TPSA) is 97.9 Å². The van der Waals surface area contributed by atoms with E-state index >= 15 is 0 Å². The average Bonchev–Trinajstić information content (AvgIpc) is 2.56. The maximum Gasteiger partial charge on any atom is 0.210 e. The van der Waals surface area contributed by atoms with Crippen LogP contribution in [0.25, 0.3) is 11.3 Å². The lowest BCUT2D eigenvalue weighted by molar-refractivity contribution is -0.254. The van der Waals surface area contributed by atoms with Gasteiger partial charge in [0.15, 0.2) is 0 Å². The Morgan fingerprint density at radius 1 is 1.04 bits per heavy atom. The number of benzene rings is 2. The lowest BCUT2D eigenvalue weighted by atomic mass is 10.1. The van der Waals surface area contributed by atoms with Crippen molar-refractivity contribution in [1.29, 1.82) is 0 Å². The minimum atomic E-state index is -1.30. The minimum Gasteiger partial charge on any atom is -0.545 e. The first-order chi connectivity index (χ1) is 11.1. The number of para-hydroxylation sites is 1. The van der Waals surface area contributed by atoms with Crippen LogP contribution in [0.4, 0.5) is 11.5 Å². The Kier molecular flexibility index (Phi) is 3.88. The Balaban J connectivity index is 1.93. The Morgan fingerprint density at radius 2 is 1.74 bits per heavy atom. The van der Waals surface area contributed by atoms with E-state index in [9.17, 15) is 14.7 Å². The van der Waals surface area contributed by atoms with Crippen molar-refractivity contribution in [1.82, 2.24) is 10.2 Å². The Labute approximate surface area is 131 Å². The summed E-state index contributed by atoms with van der Waals surface area (Å²) >= 11 is 0. The molecule has 0 saturated carbocycles. The number of carbonyl (C=O) groups excluding carboxylic acids is 1. The summed E-state index contributed by atoms with van der Waals surface area (Å²) in [5, 5.41) is 20.7. The van der Waals surface area contributed by atoms with Gasteiger partial charge in [0.25, 0.3) is 0 Å². The summed E-state index contributed by atoms with van der Waals surface area (Å²) in [6.45, 7) is 0. The molecule has 0 fully saturated rings. The molecule has 0 amide bonds. The number of anilines is 2. The van der Waals surface area contributed by atoms with Crippen LogP contribution >= 0.6 is 0 Å². The number of rotatable bonds is 4. The van der Waals surface area contributed by atoms with Crippen LogP contribution in [0.15, 0.2) is 65.5 Å². The number of nitrogens with zero attached hydrogens (tertiary/aromatic N) is 1. The molecule has 3 rings (SSSR count). The average molecular weight is 306 g/mol. The van der Waals surface area contributed by atoms with Crippen molar-refractivity contribution < 1.29 is 9.90 Å². The second-order valence-electron chi connectivity index (χ2n) is 4.82. The van der Waals surface area contributed by atoms with Gasteiger partial charge in [-0.1, -0.05) is 48.5 Å². The Hall–Kier alpha value is -3.41. The second kappa shape index (κ2) is 6.15. The van der Waals surface area contributed by atoms with Crippen LogP contribution in [0.2, 0.25) is 0 Å². The highest BCUT2D eigenvalue weighted by atomic mass is 16.4. The van der Waals surface area contributed by atoms with Crippen molar-refractivity contribution in [2.45, 2.75) is 0 Å². The standard InChI is InChI=1S/C17H13N3O3/c21-14-10-15(18-13-9-5-4-8-12(13)17(22)23)19-20-16(14)11-6-2-1-3-7-11/h1-10H,(H,22,23)(H2,18,19,21)/p-1. The Bertz CT molecular complexity index is 904. The van der Waals surface area contributed by atoms with Crippen molar-refractivity contribution in [3.8, 4) is 11.3 Å². The number of H-pyrrole nitrogens is 1. The van der Waals surface area contributed by atoms with Crippen LogP contribution in [0.1, 0.15) is 10.4 Å². The molecule has 6 heteroatoms. The van der Waals surface area contributed by atoms with Gasteiger partial charge in [-0.2, -0.15) is 5.10 Å². The van der Waals surface area contributed by atoms with E-state index in [2.05, 4.69) is 15.5 Å². The van der Waals surface area contributed by atoms with Crippen LogP contribution in [0.5, 0.6) is 0 Å². The smallest absolute Gasteiger partial charge is 0.210 e. The number of carboxylic acids is 1. The van der Waals surface area contributed by atoms with Gasteiger partial charge in [0, 0.05) is 22.9 Å². The molecule has 1 heterocycles. The van der Waals surface area contributed by atoms with Crippen LogP contribution < -0.4 is 15.9 Å². The van der Waals surface area contributed by atoms with Gasteiger partial charge in [-0.15, -0.1) is 0 Å². The van der Waals surface area contributed by atoms with Crippen molar-refractivity contribution in [2.75, 3.05) is 5.32 Å². The van der Waals surface area contributed by atoms with E-state index < -0.39 is 5.97 Å². The third kappa shape index (κ3) is 3.11. The van der Waals surface area contributed by atoms with Gasteiger partial charge in [0.1, 0.15) is 11.5 Å². The molecule has 0 spiro atoms. The third-order valence-corrected chi connectivity index (χ3v) is 3.26. The van der Waals surface area contributed by atoms with Crippen LogP contribution in [0.3, 0.4) is 0 Å². The van der Waals surface area contributed by atoms with Gasteiger partial charge in [-0.05, 0) is 6.07 Å². The molecule has 2 N–H and O–H groups in total. The van der Waals surface area contributed by atoms with E-state index in [1.54, 1.807) is 30.3 Å². The summed E-state index contributed by atoms with van der Waals surface area (Å²) in [4.78, 5) is 23.3. The molecule has 3 aromatic rings. The fourth-order valence-electron chi connectivity index (χ4n) is 2.19. The first-order valence-corrected chi connectivity index (χ1v) is 6.87. The second-order valence-corrected chi connectivity index (χ2v) is 4.82. The predicted molar refractivity (Wildman–Crippen MR) is 84.3 cm³/mol. The summed E-state index contributed by atoms with van der Waals surface area (Å²) in [7, 11) is 0. The number of hydrogen-bond acceptors (Lipinski definition) is 5. The molecule has 6 nitrogen and oxygen atoms in total. The van der Waals surface area contributed by atoms with Crippen molar-refractivity contribution >= 4 is 17.5 Å². The maximum absolute atomic E-state index is 12.2. The third-order valence-electron chi connectivity index (χ3n) is 3.26. The van der Waals surface area contributed by atoms with Crippen LogP contribution in [-0.2, 0) is 0 Å². The molecular weight excluding hydrogens is 294 g/mol. The molecule has 0 radical (unpaired) electrons. The van der Waals surface area contributed by atoms with Crippen LogP contribution in [0, 0.1) is 0 Å². The Morgan fingerprint density at radius 3 is 2.43 bits per heavy atom. The van der Waals surface area contributed by atoms with E-state index in [4.69, 9.17) is 0 Å². The number of aromatic amines is 1. The van der Waals surface area contributed by atoms with Gasteiger partial charge in [-0.25, -0.2) is 0 Å². The largest absolute Gasteiger partial charge is 0.545 e. The quantitative estimate of drug-likeness (QED) is 0.762. The molecule has 0 aliphatic rings. The molecule has 1 aromatic heterocycles. The number of carbonyl (C=O) groups is 1. The normalized spacial score (nSPS) is 10.3. The highest BCUT2D eigenvalue weighted by Gasteiger charge is 2.08. The van der Waals surface area contributed by atoms with Crippen LogP contribution in [-0.4, -0.2) is 16.2 Å². The monoisotopic (exact) mass is 306 g/mol. The van der Waals surface area contributed by atoms with Gasteiger partial charge in [-0.3, -0.25) is 9.89 Å². The minimum absolute atomic E-state index is 0.000449. The molecule has 0 saturated heterocycles. The molecule has 0 unspecified atom stereocenters. The van der Waals surface area contributed by atoms with E-state index in [1.165, 1.54) is 12.1 Å². The van der Waals surface area contributed by atoms with Crippen molar-refractivity contribution in [2.24, 2.45) is 0 Å². The van der Waals surface area contributed by atoms with E-state index in [1.807, 2.05) is 18.2 Å². The zero-order valence-electron chi connectivity index (χ0n) is 11.9. The molecule has 2 aromatic carbocycles. The zero-order valence-corrected chi connectivity index (χ0v) is 11.9. The number of aromatic nitrogens is 2. The molecule has 0 atom stereocenters. The highest BCUT2D eigenvalue weighted by Crippen LogP contribution is 2.19. The highest BCUT2D eigenvalue weighted by molar-refractivity contribution is 5.93. The predicted octanol–water partition coefficient (Wildman–Crippen LogP) is 1.54. The number of aromatic carboxylic acids is 1. The summed E-state index contributed by atoms with van der Waals surface area (Å²) in [5.74, 6) is -1.01. The molecule has 0 bridgehead atoms.